The van der Waals surface area contributed by atoms with Crippen LogP contribution in [0, 0.1) is 20.8 Å². The van der Waals surface area contributed by atoms with Crippen molar-refractivity contribution in [1.82, 2.24) is 19.9 Å². The lowest BCUT2D eigenvalue weighted by Gasteiger charge is -2.37. The van der Waals surface area contributed by atoms with Crippen LogP contribution in [0.3, 0.4) is 0 Å². The number of aryl methyl sites for hydroxylation is 3. The molecule has 0 radical (unpaired) electrons. The standard InChI is InChI=1S/C17H21ClN4O2/c1-10-8-14(18)11(2)7-13(10)17(23)22-6-5-21(4)15(9-22)16-19-12(3)20-24-16/h7-8,15H,5-6,9H2,1-4H3. The third-order valence-electron chi connectivity index (χ3n) is 4.50. The number of amides is 1. The number of likely N-dealkylation sites (N-methyl/N-ethyl adjacent to an activating group) is 1. The molecule has 1 aliphatic heterocycles. The quantitative estimate of drug-likeness (QED) is 0.835. The highest BCUT2D eigenvalue weighted by Crippen LogP contribution is 2.26. The van der Waals surface area contributed by atoms with Gasteiger partial charge in [-0.2, -0.15) is 4.98 Å². The third-order valence-corrected chi connectivity index (χ3v) is 4.91. The molecule has 1 aromatic heterocycles. The Kier molecular flexibility index (Phi) is 4.60. The zero-order chi connectivity index (χ0) is 17.4. The highest BCUT2D eigenvalue weighted by atomic mass is 35.5. The van der Waals surface area contributed by atoms with Gasteiger partial charge in [0, 0.05) is 30.2 Å². The minimum Gasteiger partial charge on any atom is -0.338 e. The fourth-order valence-corrected chi connectivity index (χ4v) is 3.17. The highest BCUT2D eigenvalue weighted by Gasteiger charge is 2.32. The SMILES string of the molecule is Cc1noc(C2CN(C(=O)c3cc(C)c(Cl)cc3C)CCN2C)n1. The van der Waals surface area contributed by atoms with Gasteiger partial charge in [-0.05, 0) is 51.1 Å². The summed E-state index contributed by atoms with van der Waals surface area (Å²) in [6.45, 7) is 7.56. The minimum absolute atomic E-state index is 0.0154. The fourth-order valence-electron chi connectivity index (χ4n) is 2.95. The number of halogens is 1. The third kappa shape index (κ3) is 3.16. The number of rotatable bonds is 2. The lowest BCUT2D eigenvalue weighted by atomic mass is 10.0. The van der Waals surface area contributed by atoms with E-state index >= 15 is 0 Å². The summed E-state index contributed by atoms with van der Waals surface area (Å²) in [6.07, 6.45) is 0. The van der Waals surface area contributed by atoms with Crippen molar-refractivity contribution >= 4 is 17.5 Å². The molecule has 1 amide bonds. The van der Waals surface area contributed by atoms with E-state index in [1.807, 2.05) is 37.9 Å². The fraction of sp³-hybridized carbons (Fsp3) is 0.471. The largest absolute Gasteiger partial charge is 0.338 e. The average Bonchev–Trinajstić information content (AvgIpc) is 2.97. The van der Waals surface area contributed by atoms with Crippen LogP contribution < -0.4 is 0 Å². The van der Waals surface area contributed by atoms with Gasteiger partial charge in [0.2, 0.25) is 5.89 Å². The summed E-state index contributed by atoms with van der Waals surface area (Å²) in [6, 6.07) is 3.63. The molecule has 2 heterocycles. The predicted molar refractivity (Wildman–Crippen MR) is 91.2 cm³/mol. The van der Waals surface area contributed by atoms with E-state index in [1.54, 1.807) is 6.92 Å². The first-order valence-electron chi connectivity index (χ1n) is 7.93. The molecule has 3 rings (SSSR count). The molecule has 24 heavy (non-hydrogen) atoms. The summed E-state index contributed by atoms with van der Waals surface area (Å²) in [4.78, 5) is 21.3. The van der Waals surface area contributed by atoms with Crippen molar-refractivity contribution in [3.05, 3.63) is 45.6 Å². The van der Waals surface area contributed by atoms with Gasteiger partial charge in [0.05, 0.1) is 0 Å². The van der Waals surface area contributed by atoms with Gasteiger partial charge in [-0.25, -0.2) is 0 Å². The maximum Gasteiger partial charge on any atom is 0.254 e. The monoisotopic (exact) mass is 348 g/mol. The first-order chi connectivity index (χ1) is 11.4. The lowest BCUT2D eigenvalue weighted by Crippen LogP contribution is -2.49. The summed E-state index contributed by atoms with van der Waals surface area (Å²) in [5.41, 5.74) is 2.49. The number of carbonyl (C=O) groups is 1. The normalized spacial score (nSPS) is 18.9. The minimum atomic E-state index is -0.0856. The maximum atomic E-state index is 13.0. The van der Waals surface area contributed by atoms with Crippen molar-refractivity contribution in [2.45, 2.75) is 26.8 Å². The smallest absolute Gasteiger partial charge is 0.254 e. The second-order valence-electron chi connectivity index (χ2n) is 6.34. The van der Waals surface area contributed by atoms with E-state index in [0.29, 0.717) is 35.4 Å². The van der Waals surface area contributed by atoms with Gasteiger partial charge in [-0.15, -0.1) is 0 Å². The number of carbonyl (C=O) groups excluding carboxylic acids is 1. The molecule has 2 aromatic rings. The lowest BCUT2D eigenvalue weighted by molar-refractivity contribution is 0.0488. The van der Waals surface area contributed by atoms with Crippen LogP contribution in [0.5, 0.6) is 0 Å². The summed E-state index contributed by atoms with van der Waals surface area (Å²) in [5.74, 6) is 1.17. The molecular formula is C17H21ClN4O2. The molecule has 7 heteroatoms. The Morgan fingerprint density at radius 1 is 1.25 bits per heavy atom. The molecule has 6 nitrogen and oxygen atoms in total. The summed E-state index contributed by atoms with van der Waals surface area (Å²) in [5, 5.41) is 4.54. The van der Waals surface area contributed by atoms with E-state index in [2.05, 4.69) is 15.0 Å². The van der Waals surface area contributed by atoms with E-state index in [-0.39, 0.29) is 11.9 Å². The van der Waals surface area contributed by atoms with Crippen molar-refractivity contribution in [3.63, 3.8) is 0 Å². The van der Waals surface area contributed by atoms with Gasteiger partial charge >= 0.3 is 0 Å². The Labute approximate surface area is 146 Å². The van der Waals surface area contributed by atoms with Crippen LogP contribution in [0.25, 0.3) is 0 Å². The topological polar surface area (TPSA) is 62.5 Å². The van der Waals surface area contributed by atoms with Crippen molar-refractivity contribution in [1.29, 1.82) is 0 Å². The number of hydrogen-bond donors (Lipinski definition) is 0. The second-order valence-corrected chi connectivity index (χ2v) is 6.75. The number of hydrogen-bond acceptors (Lipinski definition) is 5. The van der Waals surface area contributed by atoms with Gasteiger partial charge in [-0.3, -0.25) is 9.69 Å². The Bertz CT molecular complexity index is 774. The van der Waals surface area contributed by atoms with Crippen molar-refractivity contribution in [2.75, 3.05) is 26.7 Å². The summed E-state index contributed by atoms with van der Waals surface area (Å²) < 4.78 is 5.31. The highest BCUT2D eigenvalue weighted by molar-refractivity contribution is 6.31. The molecule has 1 atom stereocenters. The van der Waals surface area contributed by atoms with E-state index < -0.39 is 0 Å². The van der Waals surface area contributed by atoms with E-state index in [4.69, 9.17) is 16.1 Å². The molecule has 128 valence electrons. The number of aromatic nitrogens is 2. The molecular weight excluding hydrogens is 328 g/mol. The van der Waals surface area contributed by atoms with Crippen LogP contribution in [-0.2, 0) is 0 Å². The van der Waals surface area contributed by atoms with Crippen molar-refractivity contribution in [2.24, 2.45) is 0 Å². The first-order valence-corrected chi connectivity index (χ1v) is 8.31. The van der Waals surface area contributed by atoms with Crippen LogP contribution >= 0.6 is 11.6 Å². The molecule has 0 bridgehead atoms. The van der Waals surface area contributed by atoms with Crippen LogP contribution in [0.1, 0.15) is 39.2 Å². The van der Waals surface area contributed by atoms with E-state index in [0.717, 1.165) is 17.7 Å². The molecule has 1 aliphatic rings. The van der Waals surface area contributed by atoms with Crippen LogP contribution in [-0.4, -0.2) is 52.5 Å². The Balaban J connectivity index is 1.84. The zero-order valence-corrected chi connectivity index (χ0v) is 15.1. The van der Waals surface area contributed by atoms with Crippen LogP contribution in [0.2, 0.25) is 5.02 Å². The van der Waals surface area contributed by atoms with Crippen molar-refractivity contribution < 1.29 is 9.32 Å². The van der Waals surface area contributed by atoms with E-state index in [9.17, 15) is 4.79 Å². The Morgan fingerprint density at radius 2 is 2.00 bits per heavy atom. The molecule has 1 saturated heterocycles. The predicted octanol–water partition coefficient (Wildman–Crippen LogP) is 2.78. The van der Waals surface area contributed by atoms with Gasteiger partial charge in [-0.1, -0.05) is 16.8 Å². The average molecular weight is 349 g/mol. The Morgan fingerprint density at radius 3 is 2.67 bits per heavy atom. The molecule has 0 N–H and O–H groups in total. The number of benzene rings is 1. The van der Waals surface area contributed by atoms with Crippen molar-refractivity contribution in [3.8, 4) is 0 Å². The summed E-state index contributed by atoms with van der Waals surface area (Å²) in [7, 11) is 2.00. The van der Waals surface area contributed by atoms with Gasteiger partial charge in [0.15, 0.2) is 5.82 Å². The number of piperazine rings is 1. The molecule has 1 fully saturated rings. The first kappa shape index (κ1) is 16.9. The van der Waals surface area contributed by atoms with Crippen LogP contribution in [0.4, 0.5) is 0 Å². The zero-order valence-electron chi connectivity index (χ0n) is 14.3. The molecule has 1 aromatic carbocycles. The molecule has 0 aliphatic carbocycles. The summed E-state index contributed by atoms with van der Waals surface area (Å²) >= 11 is 6.14. The maximum absolute atomic E-state index is 13.0. The molecule has 0 spiro atoms. The van der Waals surface area contributed by atoms with Gasteiger partial charge in [0.1, 0.15) is 6.04 Å². The second kappa shape index (κ2) is 6.53. The van der Waals surface area contributed by atoms with Gasteiger partial charge in [0.25, 0.3) is 5.91 Å². The van der Waals surface area contributed by atoms with Crippen LogP contribution in [0.15, 0.2) is 16.7 Å². The van der Waals surface area contributed by atoms with Gasteiger partial charge < -0.3 is 9.42 Å². The number of nitrogens with zero attached hydrogens (tertiary/aromatic N) is 4. The Hall–Kier alpha value is -1.92. The molecule has 1 unspecified atom stereocenters. The molecule has 0 saturated carbocycles. The van der Waals surface area contributed by atoms with E-state index in [1.165, 1.54) is 0 Å².